The minimum absolute atomic E-state index is 0.194. The Bertz CT molecular complexity index is 806. The summed E-state index contributed by atoms with van der Waals surface area (Å²) in [6.07, 6.45) is 3.15. The molecule has 1 amide bonds. The van der Waals surface area contributed by atoms with E-state index in [9.17, 15) is 4.79 Å². The van der Waals surface area contributed by atoms with Gasteiger partial charge in [-0.15, -0.1) is 0 Å². The summed E-state index contributed by atoms with van der Waals surface area (Å²) in [4.78, 5) is 19.4. The topological polar surface area (TPSA) is 57.8 Å². The van der Waals surface area contributed by atoms with E-state index in [0.717, 1.165) is 22.4 Å². The van der Waals surface area contributed by atoms with Crippen molar-refractivity contribution in [1.29, 1.82) is 0 Å². The van der Waals surface area contributed by atoms with Crippen LogP contribution in [0.25, 0.3) is 17.1 Å². The number of hydrogen-bond donors (Lipinski definition) is 2. The first-order chi connectivity index (χ1) is 10.7. The second kappa shape index (κ2) is 6.45. The Morgan fingerprint density at radius 3 is 2.77 bits per heavy atom. The Morgan fingerprint density at radius 2 is 1.95 bits per heavy atom. The van der Waals surface area contributed by atoms with Gasteiger partial charge in [-0.05, 0) is 29.8 Å². The number of para-hydroxylation sites is 2. The van der Waals surface area contributed by atoms with E-state index in [0.29, 0.717) is 11.6 Å². The minimum Gasteiger partial charge on any atom is -0.345 e. The van der Waals surface area contributed by atoms with Gasteiger partial charge in [0.25, 0.3) is 0 Å². The SMILES string of the molecule is O=C(/C=C/c1ccccc1Cl)NCc1nc2ccccc2[nH]1. The van der Waals surface area contributed by atoms with Crippen LogP contribution >= 0.6 is 11.6 Å². The average Bonchev–Trinajstić information content (AvgIpc) is 2.95. The number of amides is 1. The number of imidazole rings is 1. The van der Waals surface area contributed by atoms with Crippen molar-refractivity contribution < 1.29 is 4.79 Å². The Kier molecular flexibility index (Phi) is 4.21. The Balaban J connectivity index is 1.61. The van der Waals surface area contributed by atoms with E-state index in [-0.39, 0.29) is 5.91 Å². The van der Waals surface area contributed by atoms with Crippen LogP contribution in [0.5, 0.6) is 0 Å². The normalized spacial score (nSPS) is 11.1. The first-order valence-electron chi connectivity index (χ1n) is 6.86. The van der Waals surface area contributed by atoms with E-state index in [1.165, 1.54) is 6.08 Å². The first kappa shape index (κ1) is 14.4. The molecule has 1 aromatic heterocycles. The summed E-state index contributed by atoms with van der Waals surface area (Å²) in [5.74, 6) is 0.529. The summed E-state index contributed by atoms with van der Waals surface area (Å²) >= 11 is 6.03. The highest BCUT2D eigenvalue weighted by atomic mass is 35.5. The molecule has 2 aromatic carbocycles. The number of carbonyl (C=O) groups is 1. The third-order valence-electron chi connectivity index (χ3n) is 3.19. The molecule has 0 unspecified atom stereocenters. The van der Waals surface area contributed by atoms with Crippen LogP contribution in [0.4, 0.5) is 0 Å². The van der Waals surface area contributed by atoms with Crippen LogP contribution in [0.3, 0.4) is 0 Å². The molecule has 0 radical (unpaired) electrons. The zero-order valence-corrected chi connectivity index (χ0v) is 12.5. The summed E-state index contributed by atoms with van der Waals surface area (Å²) < 4.78 is 0. The number of aromatic amines is 1. The van der Waals surface area contributed by atoms with Crippen molar-refractivity contribution in [2.24, 2.45) is 0 Å². The van der Waals surface area contributed by atoms with E-state index in [1.807, 2.05) is 42.5 Å². The van der Waals surface area contributed by atoms with E-state index in [2.05, 4.69) is 15.3 Å². The maximum Gasteiger partial charge on any atom is 0.244 e. The lowest BCUT2D eigenvalue weighted by Gasteiger charge is -1.99. The van der Waals surface area contributed by atoms with Gasteiger partial charge in [0.2, 0.25) is 5.91 Å². The molecule has 0 spiro atoms. The number of benzene rings is 2. The van der Waals surface area contributed by atoms with Crippen molar-refractivity contribution in [1.82, 2.24) is 15.3 Å². The van der Waals surface area contributed by atoms with Gasteiger partial charge in [-0.1, -0.05) is 41.9 Å². The van der Waals surface area contributed by atoms with Crippen LogP contribution in [-0.2, 0) is 11.3 Å². The number of H-pyrrole nitrogens is 1. The number of carbonyl (C=O) groups excluding carboxylic acids is 1. The predicted molar refractivity (Wildman–Crippen MR) is 88.4 cm³/mol. The first-order valence-corrected chi connectivity index (χ1v) is 7.24. The highest BCUT2D eigenvalue weighted by Gasteiger charge is 2.03. The third-order valence-corrected chi connectivity index (χ3v) is 3.53. The molecule has 3 aromatic rings. The number of hydrogen-bond acceptors (Lipinski definition) is 2. The molecule has 0 aliphatic carbocycles. The number of nitrogens with one attached hydrogen (secondary N) is 2. The molecule has 22 heavy (non-hydrogen) atoms. The Labute approximate surface area is 132 Å². The number of nitrogens with zero attached hydrogens (tertiary/aromatic N) is 1. The molecule has 1 heterocycles. The van der Waals surface area contributed by atoms with Crippen LogP contribution in [-0.4, -0.2) is 15.9 Å². The van der Waals surface area contributed by atoms with Crippen molar-refractivity contribution in [2.45, 2.75) is 6.54 Å². The van der Waals surface area contributed by atoms with E-state index in [1.54, 1.807) is 12.1 Å². The summed E-state index contributed by atoms with van der Waals surface area (Å²) in [5, 5.41) is 3.40. The summed E-state index contributed by atoms with van der Waals surface area (Å²) in [6.45, 7) is 0.348. The van der Waals surface area contributed by atoms with E-state index in [4.69, 9.17) is 11.6 Å². The zero-order valence-electron chi connectivity index (χ0n) is 11.7. The quantitative estimate of drug-likeness (QED) is 0.724. The lowest BCUT2D eigenvalue weighted by molar-refractivity contribution is -0.116. The number of aromatic nitrogens is 2. The van der Waals surface area contributed by atoms with Crippen molar-refractivity contribution >= 4 is 34.6 Å². The van der Waals surface area contributed by atoms with Crippen LogP contribution in [0, 0.1) is 0 Å². The monoisotopic (exact) mass is 311 g/mol. The highest BCUT2D eigenvalue weighted by molar-refractivity contribution is 6.32. The zero-order chi connectivity index (χ0) is 15.4. The fourth-order valence-electron chi connectivity index (χ4n) is 2.09. The predicted octanol–water partition coefficient (Wildman–Crippen LogP) is 3.55. The molecule has 5 heteroatoms. The van der Waals surface area contributed by atoms with Gasteiger partial charge in [-0.2, -0.15) is 0 Å². The second-order valence-corrected chi connectivity index (χ2v) is 5.18. The van der Waals surface area contributed by atoms with E-state index >= 15 is 0 Å². The molecular weight excluding hydrogens is 298 g/mol. The van der Waals surface area contributed by atoms with Gasteiger partial charge >= 0.3 is 0 Å². The van der Waals surface area contributed by atoms with Crippen molar-refractivity contribution in [3.63, 3.8) is 0 Å². The maximum absolute atomic E-state index is 11.8. The Morgan fingerprint density at radius 1 is 1.18 bits per heavy atom. The molecule has 110 valence electrons. The molecule has 3 rings (SSSR count). The highest BCUT2D eigenvalue weighted by Crippen LogP contribution is 2.16. The van der Waals surface area contributed by atoms with Crippen molar-refractivity contribution in [3.8, 4) is 0 Å². The van der Waals surface area contributed by atoms with Gasteiger partial charge in [-0.3, -0.25) is 4.79 Å². The lowest BCUT2D eigenvalue weighted by atomic mass is 10.2. The van der Waals surface area contributed by atoms with Gasteiger partial charge in [0, 0.05) is 11.1 Å². The molecule has 0 aliphatic rings. The third kappa shape index (κ3) is 3.35. The van der Waals surface area contributed by atoms with Crippen LogP contribution in [0.2, 0.25) is 5.02 Å². The largest absolute Gasteiger partial charge is 0.345 e. The molecular formula is C17H14ClN3O. The summed E-state index contributed by atoms with van der Waals surface area (Å²) in [7, 11) is 0. The van der Waals surface area contributed by atoms with Crippen LogP contribution in [0.15, 0.2) is 54.6 Å². The molecule has 0 fully saturated rings. The van der Waals surface area contributed by atoms with Crippen molar-refractivity contribution in [3.05, 3.63) is 71.0 Å². The standard InChI is InChI=1S/C17H14ClN3O/c18-13-6-2-1-5-12(13)9-10-17(22)19-11-16-20-14-7-3-4-8-15(14)21-16/h1-10H,11H2,(H,19,22)(H,20,21)/b10-9+. The second-order valence-electron chi connectivity index (χ2n) is 4.77. The van der Waals surface area contributed by atoms with Gasteiger partial charge in [-0.25, -0.2) is 4.98 Å². The average molecular weight is 312 g/mol. The minimum atomic E-state index is -0.194. The maximum atomic E-state index is 11.8. The number of halogens is 1. The molecule has 0 bridgehead atoms. The van der Waals surface area contributed by atoms with Gasteiger partial charge in [0.1, 0.15) is 5.82 Å². The van der Waals surface area contributed by atoms with Gasteiger partial charge < -0.3 is 10.3 Å². The lowest BCUT2D eigenvalue weighted by Crippen LogP contribution is -2.20. The molecule has 0 atom stereocenters. The number of fused-ring (bicyclic) bond motifs is 1. The fourth-order valence-corrected chi connectivity index (χ4v) is 2.29. The molecule has 0 saturated heterocycles. The molecule has 4 nitrogen and oxygen atoms in total. The Hall–Kier alpha value is -2.59. The smallest absolute Gasteiger partial charge is 0.244 e. The van der Waals surface area contributed by atoms with Crippen molar-refractivity contribution in [2.75, 3.05) is 0 Å². The van der Waals surface area contributed by atoms with E-state index < -0.39 is 0 Å². The molecule has 2 N–H and O–H groups in total. The summed E-state index contributed by atoms with van der Waals surface area (Å²) in [6, 6.07) is 15.1. The molecule has 0 aliphatic heterocycles. The molecule has 0 saturated carbocycles. The van der Waals surface area contributed by atoms with Crippen LogP contribution in [0.1, 0.15) is 11.4 Å². The van der Waals surface area contributed by atoms with Gasteiger partial charge in [0.15, 0.2) is 0 Å². The number of rotatable bonds is 4. The van der Waals surface area contributed by atoms with Crippen LogP contribution < -0.4 is 5.32 Å². The summed E-state index contributed by atoms with van der Waals surface area (Å²) in [5.41, 5.74) is 2.65. The fraction of sp³-hybridized carbons (Fsp3) is 0.0588. The van der Waals surface area contributed by atoms with Gasteiger partial charge in [0.05, 0.1) is 17.6 Å².